The predicted molar refractivity (Wildman–Crippen MR) is 105 cm³/mol. The summed E-state index contributed by atoms with van der Waals surface area (Å²) in [5, 5.41) is 19.9. The van der Waals surface area contributed by atoms with Crippen LogP contribution in [-0.4, -0.2) is 27.2 Å². The van der Waals surface area contributed by atoms with Crippen molar-refractivity contribution in [2.75, 3.05) is 5.32 Å². The van der Waals surface area contributed by atoms with Crippen LogP contribution in [0.5, 0.6) is 0 Å². The van der Waals surface area contributed by atoms with Crippen LogP contribution in [0.15, 0.2) is 57.3 Å². The van der Waals surface area contributed by atoms with E-state index in [0.717, 1.165) is 11.3 Å². The molecule has 0 saturated carbocycles. The first kappa shape index (κ1) is 18.6. The summed E-state index contributed by atoms with van der Waals surface area (Å²) in [5.41, 5.74) is 1.36. The van der Waals surface area contributed by atoms with Gasteiger partial charge in [0.05, 0.1) is 11.3 Å². The van der Waals surface area contributed by atoms with Gasteiger partial charge in [0, 0.05) is 10.2 Å². The average Bonchev–Trinajstić information content (AvgIpc) is 3.11. The maximum Gasteiger partial charge on any atom is 0.337 e. The van der Waals surface area contributed by atoms with Crippen LogP contribution in [0.25, 0.3) is 0 Å². The zero-order valence-corrected chi connectivity index (χ0v) is 16.4. The molecular formula is C17H12BrN3O3S2. The Morgan fingerprint density at radius 2 is 1.92 bits per heavy atom. The number of benzene rings is 2. The number of aromatic carboxylic acids is 1. The Bertz CT molecular complexity index is 947. The fourth-order valence-electron chi connectivity index (χ4n) is 2.06. The highest BCUT2D eigenvalue weighted by molar-refractivity contribution is 9.10. The molecular weight excluding hydrogens is 438 g/mol. The van der Waals surface area contributed by atoms with Gasteiger partial charge in [-0.3, -0.25) is 4.79 Å². The van der Waals surface area contributed by atoms with Gasteiger partial charge in [0.1, 0.15) is 0 Å². The summed E-state index contributed by atoms with van der Waals surface area (Å²) in [7, 11) is 0. The van der Waals surface area contributed by atoms with Crippen molar-refractivity contribution in [3.8, 4) is 0 Å². The number of halogens is 1. The van der Waals surface area contributed by atoms with E-state index < -0.39 is 11.9 Å². The Kier molecular flexibility index (Phi) is 6.02. The molecule has 1 aromatic heterocycles. The van der Waals surface area contributed by atoms with Crippen LogP contribution in [0.2, 0.25) is 0 Å². The van der Waals surface area contributed by atoms with Gasteiger partial charge in [0.25, 0.3) is 5.91 Å². The van der Waals surface area contributed by atoms with Crippen LogP contribution in [0.4, 0.5) is 5.69 Å². The lowest BCUT2D eigenvalue weighted by Crippen LogP contribution is -2.14. The highest BCUT2D eigenvalue weighted by Crippen LogP contribution is 2.27. The number of anilines is 1. The van der Waals surface area contributed by atoms with Crippen LogP contribution in [0.1, 0.15) is 25.7 Å². The highest BCUT2D eigenvalue weighted by Gasteiger charge is 2.17. The number of amides is 1. The van der Waals surface area contributed by atoms with Crippen molar-refractivity contribution in [1.82, 2.24) is 10.2 Å². The number of hydrogen-bond acceptors (Lipinski definition) is 6. The number of carbonyl (C=O) groups excluding carboxylic acids is 1. The van der Waals surface area contributed by atoms with E-state index in [1.54, 1.807) is 6.07 Å². The number of nitrogens with zero attached hydrogens (tertiary/aromatic N) is 2. The molecule has 0 spiro atoms. The van der Waals surface area contributed by atoms with E-state index in [2.05, 4.69) is 31.4 Å². The Balaban J connectivity index is 1.68. The third-order valence-electron chi connectivity index (χ3n) is 3.27. The van der Waals surface area contributed by atoms with Crippen molar-refractivity contribution in [1.29, 1.82) is 0 Å². The molecule has 1 amide bonds. The van der Waals surface area contributed by atoms with Gasteiger partial charge < -0.3 is 10.4 Å². The first-order valence-electron chi connectivity index (χ1n) is 7.37. The molecule has 3 rings (SSSR count). The molecule has 0 aliphatic rings. The maximum atomic E-state index is 12.3. The van der Waals surface area contributed by atoms with Gasteiger partial charge in [-0.25, -0.2) is 4.79 Å². The Hall–Kier alpha value is -2.23. The lowest BCUT2D eigenvalue weighted by molar-refractivity contribution is 0.0698. The summed E-state index contributed by atoms with van der Waals surface area (Å²) < 4.78 is 1.29. The first-order valence-corrected chi connectivity index (χ1v) is 9.97. The zero-order chi connectivity index (χ0) is 18.5. The molecule has 0 radical (unpaired) electrons. The van der Waals surface area contributed by atoms with Crippen LogP contribution < -0.4 is 5.32 Å². The Labute approximate surface area is 165 Å². The molecule has 26 heavy (non-hydrogen) atoms. The summed E-state index contributed by atoms with van der Waals surface area (Å²) in [6.45, 7) is 0. The lowest BCUT2D eigenvalue weighted by Gasteiger charge is -2.07. The smallest absolute Gasteiger partial charge is 0.337 e. The molecule has 9 heteroatoms. The minimum atomic E-state index is -1.13. The number of hydrogen-bond donors (Lipinski definition) is 2. The van der Waals surface area contributed by atoms with Gasteiger partial charge in [-0.05, 0) is 23.8 Å². The Morgan fingerprint density at radius 1 is 1.15 bits per heavy atom. The molecule has 0 unspecified atom stereocenters. The van der Waals surface area contributed by atoms with Crippen molar-refractivity contribution in [3.05, 3.63) is 69.1 Å². The Morgan fingerprint density at radius 3 is 2.65 bits per heavy atom. The summed E-state index contributed by atoms with van der Waals surface area (Å²) in [6, 6.07) is 14.5. The zero-order valence-electron chi connectivity index (χ0n) is 13.2. The minimum absolute atomic E-state index is 0.00378. The largest absolute Gasteiger partial charge is 0.478 e. The molecule has 0 saturated heterocycles. The van der Waals surface area contributed by atoms with Crippen molar-refractivity contribution in [2.24, 2.45) is 0 Å². The lowest BCUT2D eigenvalue weighted by atomic mass is 10.2. The number of carbonyl (C=O) groups is 2. The number of nitrogens with one attached hydrogen (secondary N) is 1. The molecule has 132 valence electrons. The molecule has 6 nitrogen and oxygen atoms in total. The fraction of sp³-hybridized carbons (Fsp3) is 0.0588. The topological polar surface area (TPSA) is 92.2 Å². The van der Waals surface area contributed by atoms with E-state index in [1.165, 1.54) is 35.2 Å². The van der Waals surface area contributed by atoms with Gasteiger partial charge in [-0.15, -0.1) is 10.2 Å². The summed E-state index contributed by atoms with van der Waals surface area (Å²) in [4.78, 5) is 23.7. The van der Waals surface area contributed by atoms with Gasteiger partial charge in [-0.2, -0.15) is 0 Å². The van der Waals surface area contributed by atoms with E-state index in [0.29, 0.717) is 8.81 Å². The summed E-state index contributed by atoms with van der Waals surface area (Å²) in [5.74, 6) is -0.885. The van der Waals surface area contributed by atoms with Crippen molar-refractivity contribution >= 4 is 56.6 Å². The summed E-state index contributed by atoms with van der Waals surface area (Å²) >= 11 is 5.88. The van der Waals surface area contributed by atoms with E-state index >= 15 is 0 Å². The number of rotatable bonds is 6. The second-order valence-corrected chi connectivity index (χ2v) is 8.21. The number of carboxylic acids is 1. The van der Waals surface area contributed by atoms with Crippen LogP contribution in [0.3, 0.4) is 0 Å². The third-order valence-corrected chi connectivity index (χ3v) is 5.89. The van der Waals surface area contributed by atoms with Gasteiger partial charge in [0.15, 0.2) is 4.34 Å². The number of carboxylic acid groups (broad SMARTS) is 1. The molecule has 0 bridgehead atoms. The van der Waals surface area contributed by atoms with E-state index in [9.17, 15) is 14.7 Å². The number of thioether (sulfide) groups is 1. The molecule has 0 atom stereocenters. The normalized spacial score (nSPS) is 10.5. The van der Waals surface area contributed by atoms with Crippen LogP contribution in [-0.2, 0) is 5.75 Å². The van der Waals surface area contributed by atoms with Crippen LogP contribution in [0, 0.1) is 0 Å². The molecule has 1 heterocycles. The first-order chi connectivity index (χ1) is 12.5. The fourth-order valence-corrected chi connectivity index (χ4v) is 4.12. The molecule has 0 aliphatic carbocycles. The van der Waals surface area contributed by atoms with E-state index in [4.69, 9.17) is 0 Å². The maximum absolute atomic E-state index is 12.3. The highest BCUT2D eigenvalue weighted by atomic mass is 79.9. The van der Waals surface area contributed by atoms with Crippen molar-refractivity contribution < 1.29 is 14.7 Å². The second kappa shape index (κ2) is 8.43. The van der Waals surface area contributed by atoms with E-state index in [1.807, 2.05) is 30.3 Å². The molecule has 0 aliphatic heterocycles. The van der Waals surface area contributed by atoms with Crippen molar-refractivity contribution in [3.63, 3.8) is 0 Å². The van der Waals surface area contributed by atoms with Gasteiger partial charge in [0.2, 0.25) is 5.01 Å². The van der Waals surface area contributed by atoms with Gasteiger partial charge in [-0.1, -0.05) is 69.4 Å². The van der Waals surface area contributed by atoms with E-state index in [-0.39, 0.29) is 16.3 Å². The monoisotopic (exact) mass is 449 g/mol. The SMILES string of the molecule is O=C(Nc1ccc(Br)cc1C(=O)O)c1nnc(SCc2ccccc2)s1. The predicted octanol–water partition coefficient (Wildman–Crippen LogP) is 4.54. The standard InChI is InChI=1S/C17H12BrN3O3S2/c18-11-6-7-13(12(8-11)16(23)24)19-14(22)15-20-21-17(26-15)25-9-10-4-2-1-3-5-10/h1-8H,9H2,(H,19,22)(H,23,24). The van der Waals surface area contributed by atoms with Gasteiger partial charge >= 0.3 is 5.97 Å². The molecule has 0 fully saturated rings. The summed E-state index contributed by atoms with van der Waals surface area (Å²) in [6.07, 6.45) is 0. The second-order valence-electron chi connectivity index (χ2n) is 5.10. The van der Waals surface area contributed by atoms with Crippen molar-refractivity contribution in [2.45, 2.75) is 10.1 Å². The molecule has 2 aromatic carbocycles. The average molecular weight is 450 g/mol. The quantitative estimate of drug-likeness (QED) is 0.536. The number of aromatic nitrogens is 2. The molecule has 3 aromatic rings. The minimum Gasteiger partial charge on any atom is -0.478 e. The third kappa shape index (κ3) is 4.69. The van der Waals surface area contributed by atoms with Crippen LogP contribution >= 0.6 is 39.0 Å². The molecule has 2 N–H and O–H groups in total.